The maximum Gasteiger partial charge on any atom is 0.282 e. The van der Waals surface area contributed by atoms with Crippen LogP contribution in [0.25, 0.3) is 0 Å². The standard InChI is InChI=1S/C9H9NO3S/c1-6(11)4-7-2-3-8(10(12)13)9(14)5-7/h2-3,5,14H,4H2,1H3. The van der Waals surface area contributed by atoms with E-state index in [0.717, 1.165) is 5.56 Å². The van der Waals surface area contributed by atoms with Crippen molar-refractivity contribution in [2.45, 2.75) is 18.2 Å². The van der Waals surface area contributed by atoms with Gasteiger partial charge >= 0.3 is 0 Å². The molecule has 0 aliphatic heterocycles. The number of carbonyl (C=O) groups excluding carboxylic acids is 1. The molecule has 0 amide bonds. The molecule has 0 aromatic heterocycles. The summed E-state index contributed by atoms with van der Waals surface area (Å²) in [6.45, 7) is 1.47. The number of ketones is 1. The Kier molecular flexibility index (Phi) is 3.24. The van der Waals surface area contributed by atoms with Crippen LogP contribution in [0.3, 0.4) is 0 Å². The lowest BCUT2D eigenvalue weighted by Gasteiger charge is -2.00. The first-order valence-corrected chi connectivity index (χ1v) is 4.41. The molecule has 0 bridgehead atoms. The maximum atomic E-state index is 10.8. The van der Waals surface area contributed by atoms with E-state index in [0.29, 0.717) is 0 Å². The Labute approximate surface area is 86.5 Å². The summed E-state index contributed by atoms with van der Waals surface area (Å²) in [5.41, 5.74) is 0.703. The molecule has 1 rings (SSSR count). The summed E-state index contributed by atoms with van der Waals surface area (Å²) in [6, 6.07) is 4.47. The van der Waals surface area contributed by atoms with Crippen LogP contribution < -0.4 is 0 Å². The molecule has 14 heavy (non-hydrogen) atoms. The highest BCUT2D eigenvalue weighted by atomic mass is 32.1. The van der Waals surface area contributed by atoms with Crippen molar-refractivity contribution in [2.24, 2.45) is 0 Å². The molecule has 0 N–H and O–H groups in total. The molecule has 0 fully saturated rings. The highest BCUT2D eigenvalue weighted by Gasteiger charge is 2.11. The number of thiol groups is 1. The molecule has 0 aliphatic carbocycles. The van der Waals surface area contributed by atoms with Gasteiger partial charge in [0.05, 0.1) is 9.82 Å². The van der Waals surface area contributed by atoms with Crippen molar-refractivity contribution < 1.29 is 9.72 Å². The molecule has 0 spiro atoms. The molecular formula is C9H9NO3S. The van der Waals surface area contributed by atoms with Crippen LogP contribution in [0.1, 0.15) is 12.5 Å². The lowest BCUT2D eigenvalue weighted by Crippen LogP contribution is -1.97. The van der Waals surface area contributed by atoms with Gasteiger partial charge in [0, 0.05) is 12.5 Å². The Balaban J connectivity index is 3.00. The third kappa shape index (κ3) is 2.56. The van der Waals surface area contributed by atoms with Crippen LogP contribution in [0.5, 0.6) is 0 Å². The number of nitrogens with zero attached hydrogens (tertiary/aromatic N) is 1. The van der Waals surface area contributed by atoms with Crippen molar-refractivity contribution in [3.8, 4) is 0 Å². The largest absolute Gasteiger partial charge is 0.300 e. The van der Waals surface area contributed by atoms with E-state index in [2.05, 4.69) is 12.6 Å². The van der Waals surface area contributed by atoms with Crippen molar-refractivity contribution >= 4 is 24.1 Å². The lowest BCUT2D eigenvalue weighted by molar-refractivity contribution is -0.387. The van der Waals surface area contributed by atoms with E-state index >= 15 is 0 Å². The van der Waals surface area contributed by atoms with E-state index in [4.69, 9.17) is 0 Å². The minimum atomic E-state index is -0.500. The van der Waals surface area contributed by atoms with Crippen molar-refractivity contribution in [1.29, 1.82) is 0 Å². The average Bonchev–Trinajstić information content (AvgIpc) is 2.01. The Morgan fingerprint density at radius 2 is 2.21 bits per heavy atom. The number of hydrogen-bond acceptors (Lipinski definition) is 4. The summed E-state index contributed by atoms with van der Waals surface area (Å²) >= 11 is 3.98. The molecule has 0 radical (unpaired) electrons. The monoisotopic (exact) mass is 211 g/mol. The number of Topliss-reactive ketones (excluding diaryl/α,β-unsaturated/α-hetero) is 1. The van der Waals surface area contributed by atoms with E-state index in [1.54, 1.807) is 12.1 Å². The minimum absolute atomic E-state index is 0.0200. The molecule has 0 unspecified atom stereocenters. The summed E-state index contributed by atoms with van der Waals surface area (Å²) in [5, 5.41) is 10.4. The molecule has 0 heterocycles. The molecule has 4 nitrogen and oxygen atoms in total. The van der Waals surface area contributed by atoms with E-state index in [1.807, 2.05) is 0 Å². The minimum Gasteiger partial charge on any atom is -0.300 e. The number of carbonyl (C=O) groups is 1. The first-order valence-electron chi connectivity index (χ1n) is 3.96. The predicted octanol–water partition coefficient (Wildman–Crippen LogP) is 2.01. The number of rotatable bonds is 3. The first kappa shape index (κ1) is 10.7. The van der Waals surface area contributed by atoms with E-state index in [1.165, 1.54) is 13.0 Å². The molecule has 0 saturated carbocycles. The highest BCUT2D eigenvalue weighted by molar-refractivity contribution is 7.80. The van der Waals surface area contributed by atoms with Crippen molar-refractivity contribution in [2.75, 3.05) is 0 Å². The van der Waals surface area contributed by atoms with E-state index in [9.17, 15) is 14.9 Å². The van der Waals surface area contributed by atoms with Crippen LogP contribution in [0, 0.1) is 10.1 Å². The SMILES string of the molecule is CC(=O)Cc1ccc([N+](=O)[O-])c(S)c1. The van der Waals surface area contributed by atoms with Crippen molar-refractivity contribution in [3.63, 3.8) is 0 Å². The van der Waals surface area contributed by atoms with E-state index in [-0.39, 0.29) is 22.8 Å². The molecule has 0 atom stereocenters. The van der Waals surface area contributed by atoms with Gasteiger partial charge in [-0.05, 0) is 18.6 Å². The zero-order valence-electron chi connectivity index (χ0n) is 7.56. The molecular weight excluding hydrogens is 202 g/mol. The van der Waals surface area contributed by atoms with Crippen LogP contribution in [0.15, 0.2) is 23.1 Å². The number of hydrogen-bond donors (Lipinski definition) is 1. The third-order valence-corrected chi connectivity index (χ3v) is 2.05. The second-order valence-electron chi connectivity index (χ2n) is 2.96. The van der Waals surface area contributed by atoms with Gasteiger partial charge in [-0.3, -0.25) is 14.9 Å². The highest BCUT2D eigenvalue weighted by Crippen LogP contribution is 2.23. The van der Waals surface area contributed by atoms with Gasteiger partial charge < -0.3 is 0 Å². The van der Waals surface area contributed by atoms with Crippen LogP contribution in [-0.4, -0.2) is 10.7 Å². The summed E-state index contributed by atoms with van der Waals surface area (Å²) in [5.74, 6) is 0.0200. The fourth-order valence-corrected chi connectivity index (χ4v) is 1.44. The van der Waals surface area contributed by atoms with Gasteiger partial charge in [-0.2, -0.15) is 0 Å². The van der Waals surface area contributed by atoms with Gasteiger partial charge in [0.2, 0.25) is 0 Å². The number of nitro benzene ring substituents is 1. The Hall–Kier alpha value is -1.36. The third-order valence-electron chi connectivity index (χ3n) is 1.69. The first-order chi connectivity index (χ1) is 6.50. The predicted molar refractivity (Wildman–Crippen MR) is 54.7 cm³/mol. The molecule has 0 saturated heterocycles. The Bertz CT molecular complexity index is 390. The summed E-state index contributed by atoms with van der Waals surface area (Å²) in [6.07, 6.45) is 0.283. The van der Waals surface area contributed by atoms with Crippen LogP contribution in [0.4, 0.5) is 5.69 Å². The van der Waals surface area contributed by atoms with Gasteiger partial charge in [0.15, 0.2) is 0 Å². The number of benzene rings is 1. The van der Waals surface area contributed by atoms with Gasteiger partial charge in [0.1, 0.15) is 5.78 Å². The van der Waals surface area contributed by atoms with Gasteiger partial charge in [-0.15, -0.1) is 12.6 Å². The lowest BCUT2D eigenvalue weighted by atomic mass is 10.1. The smallest absolute Gasteiger partial charge is 0.282 e. The molecule has 74 valence electrons. The normalized spacial score (nSPS) is 9.86. The molecule has 1 aromatic rings. The van der Waals surface area contributed by atoms with E-state index < -0.39 is 4.92 Å². The van der Waals surface area contributed by atoms with Crippen LogP contribution in [0.2, 0.25) is 0 Å². The second kappa shape index (κ2) is 4.23. The quantitative estimate of drug-likeness (QED) is 0.472. The van der Waals surface area contributed by atoms with Crippen molar-refractivity contribution in [1.82, 2.24) is 0 Å². The fourth-order valence-electron chi connectivity index (χ4n) is 1.12. The summed E-state index contributed by atoms with van der Waals surface area (Å²) < 4.78 is 0. The zero-order valence-corrected chi connectivity index (χ0v) is 8.45. The maximum absolute atomic E-state index is 10.8. The number of nitro groups is 1. The zero-order chi connectivity index (χ0) is 10.7. The Morgan fingerprint density at radius 1 is 1.57 bits per heavy atom. The molecule has 5 heteroatoms. The van der Waals surface area contributed by atoms with Crippen LogP contribution in [-0.2, 0) is 11.2 Å². The molecule has 1 aromatic carbocycles. The molecule has 0 aliphatic rings. The van der Waals surface area contributed by atoms with Crippen LogP contribution >= 0.6 is 12.6 Å². The average molecular weight is 211 g/mol. The topological polar surface area (TPSA) is 60.2 Å². The Morgan fingerprint density at radius 3 is 2.64 bits per heavy atom. The van der Waals surface area contributed by atoms with Crippen molar-refractivity contribution in [3.05, 3.63) is 33.9 Å². The fraction of sp³-hybridized carbons (Fsp3) is 0.222. The van der Waals surface area contributed by atoms with Gasteiger partial charge in [-0.1, -0.05) is 6.07 Å². The second-order valence-corrected chi connectivity index (χ2v) is 3.44. The van der Waals surface area contributed by atoms with Gasteiger partial charge in [-0.25, -0.2) is 0 Å². The summed E-state index contributed by atoms with van der Waals surface area (Å²) in [4.78, 5) is 21.0. The van der Waals surface area contributed by atoms with Gasteiger partial charge in [0.25, 0.3) is 5.69 Å². The summed E-state index contributed by atoms with van der Waals surface area (Å²) in [7, 11) is 0.